The van der Waals surface area contributed by atoms with Gasteiger partial charge in [0.25, 0.3) is 0 Å². The third kappa shape index (κ3) is 15.6. The van der Waals surface area contributed by atoms with Crippen LogP contribution in [0.1, 0.15) is 40.2 Å². The number of aryl methyl sites for hydroxylation is 1. The molecular formula is C19H26ClF5. The van der Waals surface area contributed by atoms with Crippen molar-refractivity contribution in [3.8, 4) is 0 Å². The Morgan fingerprint density at radius 3 is 1.76 bits per heavy atom. The zero-order valence-corrected chi connectivity index (χ0v) is 16.2. The molecule has 0 heterocycles. The lowest BCUT2D eigenvalue weighted by Crippen LogP contribution is -2.11. The Morgan fingerprint density at radius 1 is 1.04 bits per heavy atom. The summed E-state index contributed by atoms with van der Waals surface area (Å²) in [5.41, 5.74) is -0.427. The number of rotatable bonds is 2. The quantitative estimate of drug-likeness (QED) is 0.355. The summed E-state index contributed by atoms with van der Waals surface area (Å²) in [6.45, 7) is 17.0. The van der Waals surface area contributed by atoms with Gasteiger partial charge in [-0.05, 0) is 43.7 Å². The maximum absolute atomic E-state index is 12.5. The van der Waals surface area contributed by atoms with Crippen molar-refractivity contribution < 1.29 is 22.0 Å². The summed E-state index contributed by atoms with van der Waals surface area (Å²) in [5.74, 6) is -1.67. The summed E-state index contributed by atoms with van der Waals surface area (Å²) in [5, 5.41) is 0.451. The molecule has 0 aliphatic rings. The Hall–Kier alpha value is -1.62. The molecule has 0 saturated carbocycles. The summed E-state index contributed by atoms with van der Waals surface area (Å²) in [4.78, 5) is 0. The molecular weight excluding hydrogens is 359 g/mol. The highest BCUT2D eigenvalue weighted by Gasteiger charge is 2.34. The van der Waals surface area contributed by atoms with Crippen molar-refractivity contribution in [3.63, 3.8) is 0 Å². The minimum absolute atomic E-state index is 0.206. The van der Waals surface area contributed by atoms with Crippen LogP contribution in [0.4, 0.5) is 22.0 Å². The van der Waals surface area contributed by atoms with E-state index in [1.807, 2.05) is 27.7 Å². The monoisotopic (exact) mass is 384 g/mol. The molecule has 0 unspecified atom stereocenters. The number of benzene rings is 1. The van der Waals surface area contributed by atoms with E-state index in [-0.39, 0.29) is 11.4 Å². The highest BCUT2D eigenvalue weighted by molar-refractivity contribution is 6.30. The Balaban J connectivity index is -0.000000329. The predicted molar refractivity (Wildman–Crippen MR) is 98.0 cm³/mol. The van der Waals surface area contributed by atoms with Gasteiger partial charge >= 0.3 is 6.18 Å². The molecule has 0 spiro atoms. The maximum atomic E-state index is 12.5. The molecule has 0 bridgehead atoms. The van der Waals surface area contributed by atoms with E-state index in [1.165, 1.54) is 19.1 Å². The minimum atomic E-state index is -4.71. The van der Waals surface area contributed by atoms with Gasteiger partial charge in [-0.3, -0.25) is 0 Å². The second kappa shape index (κ2) is 14.7. The van der Waals surface area contributed by atoms with Gasteiger partial charge in [0.05, 0.1) is 5.57 Å². The zero-order chi connectivity index (χ0) is 20.8. The van der Waals surface area contributed by atoms with Gasteiger partial charge in [0.1, 0.15) is 11.6 Å². The molecule has 1 aromatic carbocycles. The summed E-state index contributed by atoms with van der Waals surface area (Å²) in [7, 11) is 0. The first kappa shape index (κ1) is 28.2. The van der Waals surface area contributed by atoms with E-state index >= 15 is 0 Å². The van der Waals surface area contributed by atoms with Crippen LogP contribution in [0.2, 0.25) is 5.02 Å². The molecule has 25 heavy (non-hydrogen) atoms. The molecule has 0 N–H and O–H groups in total. The van der Waals surface area contributed by atoms with Crippen LogP contribution >= 0.6 is 11.6 Å². The molecule has 0 saturated heterocycles. The van der Waals surface area contributed by atoms with Gasteiger partial charge in [-0.1, -0.05) is 58.0 Å². The molecule has 0 nitrogen and oxygen atoms in total. The first-order valence-corrected chi connectivity index (χ1v) is 8.03. The second-order valence-corrected chi connectivity index (χ2v) is 4.70. The summed E-state index contributed by atoms with van der Waals surface area (Å²) < 4.78 is 60.1. The molecule has 0 aliphatic heterocycles. The van der Waals surface area contributed by atoms with Crippen molar-refractivity contribution in [2.45, 2.75) is 47.7 Å². The van der Waals surface area contributed by atoms with Gasteiger partial charge in [-0.15, -0.1) is 0 Å². The third-order valence-electron chi connectivity index (χ3n) is 2.01. The number of hydrogen-bond donors (Lipinski definition) is 0. The fourth-order valence-electron chi connectivity index (χ4n) is 1.13. The van der Waals surface area contributed by atoms with Gasteiger partial charge in [0.15, 0.2) is 0 Å². The first-order chi connectivity index (χ1) is 11.4. The average molecular weight is 385 g/mol. The molecule has 6 heteroatoms. The molecule has 0 aromatic heterocycles. The number of alkyl halides is 3. The van der Waals surface area contributed by atoms with Crippen molar-refractivity contribution in [1.82, 2.24) is 0 Å². The fraction of sp³-hybridized carbons (Fsp3) is 0.368. The average Bonchev–Trinajstić information content (AvgIpc) is 2.48. The lowest BCUT2D eigenvalue weighted by molar-refractivity contribution is -0.0906. The van der Waals surface area contributed by atoms with Gasteiger partial charge in [0.2, 0.25) is 0 Å². The van der Waals surface area contributed by atoms with Crippen molar-refractivity contribution in [2.75, 3.05) is 0 Å². The van der Waals surface area contributed by atoms with Gasteiger partial charge < -0.3 is 0 Å². The van der Waals surface area contributed by atoms with Crippen molar-refractivity contribution in [3.05, 3.63) is 70.8 Å². The van der Waals surface area contributed by atoms with Crippen LogP contribution in [0.25, 0.3) is 0 Å². The van der Waals surface area contributed by atoms with Crippen molar-refractivity contribution >= 4 is 11.6 Å². The van der Waals surface area contributed by atoms with Crippen LogP contribution < -0.4 is 0 Å². The van der Waals surface area contributed by atoms with Crippen LogP contribution in [-0.4, -0.2) is 6.18 Å². The van der Waals surface area contributed by atoms with E-state index in [1.54, 1.807) is 13.0 Å². The van der Waals surface area contributed by atoms with Gasteiger partial charge in [-0.2, -0.15) is 13.2 Å². The van der Waals surface area contributed by atoms with E-state index in [4.69, 9.17) is 11.6 Å². The van der Waals surface area contributed by atoms with Crippen LogP contribution in [0.5, 0.6) is 0 Å². The van der Waals surface area contributed by atoms with E-state index in [0.29, 0.717) is 11.1 Å². The number of hydrogen-bond acceptors (Lipinski definition) is 0. The third-order valence-corrected chi connectivity index (χ3v) is 2.23. The van der Waals surface area contributed by atoms with Crippen LogP contribution in [0.15, 0.2) is 54.4 Å². The Labute approximate surface area is 152 Å². The van der Waals surface area contributed by atoms with Crippen molar-refractivity contribution in [1.29, 1.82) is 0 Å². The fourth-order valence-corrected chi connectivity index (χ4v) is 1.41. The SMILES string of the molecule is C=C(C)/C=C(/F)C(=C)C(F)(F)F.CC.CC.Cc1cc(F)cc(Cl)c1. The molecule has 0 aliphatic carbocycles. The first-order valence-electron chi connectivity index (χ1n) is 7.65. The minimum Gasteiger partial charge on any atom is -0.207 e. The maximum Gasteiger partial charge on any atom is 0.418 e. The second-order valence-electron chi connectivity index (χ2n) is 4.26. The molecule has 1 aromatic rings. The number of halogens is 6. The highest BCUT2D eigenvalue weighted by Crippen LogP contribution is 2.30. The van der Waals surface area contributed by atoms with E-state index in [0.717, 1.165) is 5.56 Å². The summed E-state index contributed by atoms with van der Waals surface area (Å²) in [6.07, 6.45) is -4.02. The molecule has 0 amide bonds. The predicted octanol–water partition coefficient (Wildman–Crippen LogP) is 8.37. The van der Waals surface area contributed by atoms with Crippen LogP contribution in [-0.2, 0) is 0 Å². The summed E-state index contributed by atoms with van der Waals surface area (Å²) in [6, 6.07) is 4.44. The zero-order valence-electron chi connectivity index (χ0n) is 15.5. The van der Waals surface area contributed by atoms with E-state index < -0.39 is 17.6 Å². The molecule has 144 valence electrons. The van der Waals surface area contributed by atoms with E-state index in [2.05, 4.69) is 13.2 Å². The summed E-state index contributed by atoms with van der Waals surface area (Å²) >= 11 is 5.51. The lowest BCUT2D eigenvalue weighted by Gasteiger charge is -2.06. The Bertz CT molecular complexity index is 507. The number of allylic oxidation sites excluding steroid dienone is 4. The van der Waals surface area contributed by atoms with Crippen molar-refractivity contribution in [2.24, 2.45) is 0 Å². The Kier molecular flexibility index (Phi) is 16.6. The smallest absolute Gasteiger partial charge is 0.207 e. The topological polar surface area (TPSA) is 0 Å². The Morgan fingerprint density at radius 2 is 1.48 bits per heavy atom. The van der Waals surface area contributed by atoms with E-state index in [9.17, 15) is 22.0 Å². The standard InChI is InChI=1S/C8H8F4.C7H6ClF.2C2H6/c1-5(2)4-7(9)6(3)8(10,11)12;1-5-2-6(8)4-7(9)3-5;2*1-2/h4H,1,3H2,2H3;2-4H,1H3;2*1-2H3/b7-4+;;;. The molecule has 0 fully saturated rings. The largest absolute Gasteiger partial charge is 0.418 e. The van der Waals surface area contributed by atoms with Gasteiger partial charge in [0, 0.05) is 5.02 Å². The molecule has 0 radical (unpaired) electrons. The van der Waals surface area contributed by atoms with Crippen LogP contribution in [0, 0.1) is 12.7 Å². The molecule has 1 rings (SSSR count). The van der Waals surface area contributed by atoms with Gasteiger partial charge in [-0.25, -0.2) is 8.78 Å². The van der Waals surface area contributed by atoms with Crippen LogP contribution in [0.3, 0.4) is 0 Å². The molecule has 0 atom stereocenters. The normalized spacial score (nSPS) is 10.2. The lowest BCUT2D eigenvalue weighted by atomic mass is 10.2. The highest BCUT2D eigenvalue weighted by atomic mass is 35.5.